The van der Waals surface area contributed by atoms with Crippen LogP contribution in [0.15, 0.2) is 60.7 Å². The van der Waals surface area contributed by atoms with Crippen LogP contribution in [0.5, 0.6) is 0 Å². The summed E-state index contributed by atoms with van der Waals surface area (Å²) in [6, 6.07) is 15.9. The van der Waals surface area contributed by atoms with Gasteiger partial charge in [-0.1, -0.05) is 262 Å². The monoisotopic (exact) mass is 1070 g/mol. The van der Waals surface area contributed by atoms with Crippen LogP contribution in [-0.2, 0) is 23.7 Å². The smallest absolute Gasteiger partial charge is 0.338 e. The van der Waals surface area contributed by atoms with Gasteiger partial charge in [0.1, 0.15) is 30.5 Å². The Labute approximate surface area is 460 Å². The van der Waals surface area contributed by atoms with Crippen LogP contribution in [0.4, 0.5) is 0 Å². The Bertz CT molecular complexity index is 1700. The van der Waals surface area contributed by atoms with Crippen LogP contribution in [0.3, 0.4) is 0 Å². The Balaban J connectivity index is 1.59. The molecule has 76 heavy (non-hydrogen) atoms. The first-order valence-corrected chi connectivity index (χ1v) is 30.9. The number of esters is 2. The SMILES string of the molecule is CCCCCCCCCCCCCCCCCCCCCCCCCC(=O)N[C@@H](CO[C@H]1O[C@H](CO)[C@H](O)[C@H](O)[C@H]1O)[C@H](OC(=O)c1ccccc1)[C@@H](CCCCCCCCCCCCCC)OC(=O)c1ccccc1. The van der Waals surface area contributed by atoms with Crippen molar-refractivity contribution < 1.29 is 53.8 Å². The van der Waals surface area contributed by atoms with E-state index in [4.69, 9.17) is 18.9 Å². The van der Waals surface area contributed by atoms with Crippen molar-refractivity contribution in [1.29, 1.82) is 0 Å². The first-order chi connectivity index (χ1) is 37.2. The van der Waals surface area contributed by atoms with E-state index in [2.05, 4.69) is 19.2 Å². The number of amides is 1. The summed E-state index contributed by atoms with van der Waals surface area (Å²) in [5.41, 5.74) is 0.574. The van der Waals surface area contributed by atoms with E-state index in [0.717, 1.165) is 44.9 Å². The molecular formula is C64H107NO11. The number of rotatable bonds is 48. The van der Waals surface area contributed by atoms with Crippen molar-refractivity contribution in [1.82, 2.24) is 5.32 Å². The number of hydrogen-bond acceptors (Lipinski definition) is 11. The highest BCUT2D eigenvalue weighted by molar-refractivity contribution is 5.90. The fraction of sp³-hybridized carbons (Fsp3) is 0.766. The van der Waals surface area contributed by atoms with Crippen molar-refractivity contribution in [3.8, 4) is 0 Å². The second kappa shape index (κ2) is 44.5. The normalized spacial score (nSPS) is 18.7. The Hall–Kier alpha value is -3.39. The van der Waals surface area contributed by atoms with Gasteiger partial charge in [-0.2, -0.15) is 0 Å². The minimum Gasteiger partial charge on any atom is -0.455 e. The van der Waals surface area contributed by atoms with E-state index in [-0.39, 0.29) is 17.9 Å². The molecular weight excluding hydrogens is 959 g/mol. The van der Waals surface area contributed by atoms with Gasteiger partial charge < -0.3 is 44.7 Å². The molecule has 1 aliphatic rings. The first-order valence-electron chi connectivity index (χ1n) is 30.9. The maximum Gasteiger partial charge on any atom is 0.338 e. The van der Waals surface area contributed by atoms with Crippen molar-refractivity contribution in [2.24, 2.45) is 0 Å². The van der Waals surface area contributed by atoms with Gasteiger partial charge in [-0.15, -0.1) is 0 Å². The van der Waals surface area contributed by atoms with Crippen LogP contribution in [0.2, 0.25) is 0 Å². The molecule has 5 N–H and O–H groups in total. The van der Waals surface area contributed by atoms with Crippen LogP contribution in [-0.4, -0.2) is 100 Å². The number of aliphatic hydroxyl groups is 4. The summed E-state index contributed by atoms with van der Waals surface area (Å²) < 4.78 is 24.4. The Morgan fingerprint density at radius 3 is 1.25 bits per heavy atom. The molecule has 1 fully saturated rings. The third kappa shape index (κ3) is 30.1. The Kier molecular flexibility index (Phi) is 39.1. The molecule has 0 aromatic heterocycles. The van der Waals surface area contributed by atoms with Crippen molar-refractivity contribution in [2.45, 2.75) is 300 Å². The maximum atomic E-state index is 14.0. The van der Waals surface area contributed by atoms with E-state index in [0.29, 0.717) is 24.8 Å². The molecule has 0 aliphatic carbocycles. The highest BCUT2D eigenvalue weighted by atomic mass is 16.7. The van der Waals surface area contributed by atoms with E-state index >= 15 is 0 Å². The van der Waals surface area contributed by atoms with Crippen LogP contribution in [0.25, 0.3) is 0 Å². The van der Waals surface area contributed by atoms with E-state index in [1.165, 1.54) is 167 Å². The quantitative estimate of drug-likeness (QED) is 0.0314. The Morgan fingerprint density at radius 1 is 0.487 bits per heavy atom. The zero-order valence-electron chi connectivity index (χ0n) is 47.6. The Morgan fingerprint density at radius 2 is 0.855 bits per heavy atom. The van der Waals surface area contributed by atoms with E-state index < -0.39 is 74.1 Å². The van der Waals surface area contributed by atoms with Crippen LogP contribution in [0.1, 0.15) is 272 Å². The van der Waals surface area contributed by atoms with Gasteiger partial charge in [-0.05, 0) is 43.5 Å². The summed E-state index contributed by atoms with van der Waals surface area (Å²) >= 11 is 0. The molecule has 1 heterocycles. The summed E-state index contributed by atoms with van der Waals surface area (Å²) in [5, 5.41) is 45.0. The summed E-state index contributed by atoms with van der Waals surface area (Å²) in [4.78, 5) is 41.9. The molecule has 1 amide bonds. The number of ether oxygens (including phenoxy) is 4. The van der Waals surface area contributed by atoms with Gasteiger partial charge >= 0.3 is 11.9 Å². The molecule has 1 saturated heterocycles. The maximum absolute atomic E-state index is 14.0. The molecule has 12 nitrogen and oxygen atoms in total. The number of nitrogens with one attached hydrogen (secondary N) is 1. The summed E-state index contributed by atoms with van der Waals surface area (Å²) in [6.07, 6.45) is 33.5. The molecule has 2 aromatic rings. The zero-order valence-corrected chi connectivity index (χ0v) is 47.6. The second-order valence-corrected chi connectivity index (χ2v) is 22.0. The fourth-order valence-electron chi connectivity index (χ4n) is 10.4. The molecule has 0 radical (unpaired) electrons. The predicted octanol–water partition coefficient (Wildman–Crippen LogP) is 14.2. The third-order valence-electron chi connectivity index (χ3n) is 15.3. The number of benzene rings is 2. The molecule has 3 rings (SSSR count). The van der Waals surface area contributed by atoms with Crippen LogP contribution < -0.4 is 5.32 Å². The molecule has 8 atom stereocenters. The van der Waals surface area contributed by atoms with Gasteiger partial charge in [0, 0.05) is 6.42 Å². The number of aliphatic hydroxyl groups excluding tert-OH is 4. The lowest BCUT2D eigenvalue weighted by molar-refractivity contribution is -0.303. The lowest BCUT2D eigenvalue weighted by Crippen LogP contribution is -2.60. The van der Waals surface area contributed by atoms with Crippen LogP contribution >= 0.6 is 0 Å². The number of carbonyl (C=O) groups is 3. The average Bonchev–Trinajstić information content (AvgIpc) is 3.44. The highest BCUT2D eigenvalue weighted by Gasteiger charge is 2.45. The summed E-state index contributed by atoms with van der Waals surface area (Å²) in [6.45, 7) is 3.45. The van der Waals surface area contributed by atoms with Gasteiger partial charge in [0.15, 0.2) is 12.4 Å². The number of unbranched alkanes of at least 4 members (excludes halogenated alkanes) is 33. The van der Waals surface area contributed by atoms with Crippen molar-refractivity contribution >= 4 is 17.8 Å². The van der Waals surface area contributed by atoms with E-state index in [9.17, 15) is 34.8 Å². The lowest BCUT2D eigenvalue weighted by atomic mass is 9.97. The predicted molar refractivity (Wildman–Crippen MR) is 305 cm³/mol. The topological polar surface area (TPSA) is 181 Å². The van der Waals surface area contributed by atoms with Crippen molar-refractivity contribution in [2.75, 3.05) is 13.2 Å². The minimum atomic E-state index is -1.71. The third-order valence-corrected chi connectivity index (χ3v) is 15.3. The minimum absolute atomic E-state index is 0.197. The van der Waals surface area contributed by atoms with E-state index in [1.54, 1.807) is 60.7 Å². The number of hydrogen-bond donors (Lipinski definition) is 5. The average molecular weight is 1070 g/mol. The summed E-state index contributed by atoms with van der Waals surface area (Å²) in [7, 11) is 0. The van der Waals surface area contributed by atoms with Gasteiger partial charge in [-0.25, -0.2) is 9.59 Å². The molecule has 2 aromatic carbocycles. The molecule has 434 valence electrons. The zero-order chi connectivity index (χ0) is 54.7. The molecule has 1 aliphatic heterocycles. The molecule has 12 heteroatoms. The van der Waals surface area contributed by atoms with Crippen molar-refractivity contribution in [3.63, 3.8) is 0 Å². The molecule has 0 spiro atoms. The largest absolute Gasteiger partial charge is 0.455 e. The van der Waals surface area contributed by atoms with Gasteiger partial charge in [-0.3, -0.25) is 4.79 Å². The van der Waals surface area contributed by atoms with Gasteiger partial charge in [0.05, 0.1) is 30.4 Å². The van der Waals surface area contributed by atoms with E-state index in [1.807, 2.05) is 0 Å². The van der Waals surface area contributed by atoms with Gasteiger partial charge in [0.2, 0.25) is 5.91 Å². The molecule has 0 unspecified atom stereocenters. The van der Waals surface area contributed by atoms with Crippen LogP contribution in [0, 0.1) is 0 Å². The van der Waals surface area contributed by atoms with Crippen molar-refractivity contribution in [3.05, 3.63) is 71.8 Å². The number of carbonyl (C=O) groups excluding carboxylic acids is 3. The molecule has 0 bridgehead atoms. The fourth-order valence-corrected chi connectivity index (χ4v) is 10.4. The first kappa shape index (κ1) is 66.9. The van der Waals surface area contributed by atoms with Gasteiger partial charge in [0.25, 0.3) is 0 Å². The molecule has 0 saturated carbocycles. The lowest BCUT2D eigenvalue weighted by Gasteiger charge is -2.40. The highest BCUT2D eigenvalue weighted by Crippen LogP contribution is 2.26. The summed E-state index contributed by atoms with van der Waals surface area (Å²) in [5.74, 6) is -1.62. The standard InChI is InChI=1S/C64H107NO11/c1-3-5-7-9-11-13-15-17-18-19-20-21-22-23-24-25-26-27-29-31-33-35-43-49-57(67)65-54(51-73-64-60(70)59(69)58(68)56(50-66)75-64)61(76-63(72)53-46-40-37-41-47-53)55(74-62(71)52-44-38-36-39-45-52)48-42-34-32-30-28-16-14-12-10-8-6-4-2/h36-41,44-47,54-56,58-61,64,66,68-70H,3-35,42-43,48-51H2,1-2H3,(H,65,67)/t54-,55+,56+,58-,59-,60+,61-,64-/m0/s1. The second-order valence-electron chi connectivity index (χ2n) is 22.0.